The molecule has 3 aromatic heterocycles. The molecule has 4 rings (SSSR count). The van der Waals surface area contributed by atoms with E-state index in [4.69, 9.17) is 5.73 Å². The second kappa shape index (κ2) is 6.74. The van der Waals surface area contributed by atoms with Gasteiger partial charge in [0.15, 0.2) is 21.3 Å². The molecule has 0 aliphatic rings. The SMILES string of the molecule is CS(=O)(=O)c1cc(-c2cnc(N)nc2Nc2n[nH]c3ncc(F)cc23)ccc1F. The van der Waals surface area contributed by atoms with E-state index in [0.717, 1.165) is 18.5 Å². The second-order valence-corrected chi connectivity index (χ2v) is 8.14. The predicted molar refractivity (Wildman–Crippen MR) is 102 cm³/mol. The van der Waals surface area contributed by atoms with Crippen LogP contribution in [0.25, 0.3) is 22.2 Å². The number of rotatable bonds is 4. The molecule has 4 aromatic rings. The predicted octanol–water partition coefficient (Wildman–Crippen LogP) is 2.42. The van der Waals surface area contributed by atoms with Gasteiger partial charge >= 0.3 is 0 Å². The highest BCUT2D eigenvalue weighted by molar-refractivity contribution is 7.90. The average molecular weight is 417 g/mol. The number of nitrogens with one attached hydrogen (secondary N) is 2. The molecule has 1 aromatic carbocycles. The largest absolute Gasteiger partial charge is 0.368 e. The molecule has 0 spiro atoms. The topological polar surface area (TPSA) is 140 Å². The van der Waals surface area contributed by atoms with Gasteiger partial charge in [0.05, 0.1) is 11.6 Å². The minimum Gasteiger partial charge on any atom is -0.368 e. The Morgan fingerprint density at radius 3 is 2.66 bits per heavy atom. The zero-order valence-electron chi connectivity index (χ0n) is 14.8. The summed E-state index contributed by atoms with van der Waals surface area (Å²) in [6.07, 6.45) is 3.31. The minimum atomic E-state index is -3.80. The fourth-order valence-electron chi connectivity index (χ4n) is 2.74. The molecule has 0 saturated heterocycles. The lowest BCUT2D eigenvalue weighted by atomic mass is 10.1. The molecule has 9 nitrogen and oxygen atoms in total. The lowest BCUT2D eigenvalue weighted by Crippen LogP contribution is -2.04. The molecule has 0 saturated carbocycles. The van der Waals surface area contributed by atoms with Gasteiger partial charge in [0.1, 0.15) is 22.3 Å². The molecule has 3 heterocycles. The van der Waals surface area contributed by atoms with Crippen LogP contribution in [0.5, 0.6) is 0 Å². The molecule has 4 N–H and O–H groups in total. The van der Waals surface area contributed by atoms with E-state index in [0.29, 0.717) is 22.2 Å². The Balaban J connectivity index is 1.84. The summed E-state index contributed by atoms with van der Waals surface area (Å²) in [5.74, 6) is -1.11. The first-order chi connectivity index (χ1) is 13.7. The number of anilines is 3. The number of aromatic amines is 1. The van der Waals surface area contributed by atoms with Crippen LogP contribution in [-0.4, -0.2) is 39.8 Å². The molecule has 0 amide bonds. The number of benzene rings is 1. The maximum absolute atomic E-state index is 14.0. The van der Waals surface area contributed by atoms with Gasteiger partial charge in [0.2, 0.25) is 5.95 Å². The normalized spacial score (nSPS) is 11.7. The summed E-state index contributed by atoms with van der Waals surface area (Å²) in [4.78, 5) is 11.5. The van der Waals surface area contributed by atoms with Crippen LogP contribution >= 0.6 is 0 Å². The number of aromatic nitrogens is 5. The van der Waals surface area contributed by atoms with E-state index in [2.05, 4.69) is 30.5 Å². The summed E-state index contributed by atoms with van der Waals surface area (Å²) in [5.41, 5.74) is 6.69. The van der Waals surface area contributed by atoms with Gasteiger partial charge in [-0.2, -0.15) is 10.1 Å². The minimum absolute atomic E-state index is 0.0640. The van der Waals surface area contributed by atoms with Crippen molar-refractivity contribution in [2.45, 2.75) is 4.90 Å². The van der Waals surface area contributed by atoms with Gasteiger partial charge in [-0.3, -0.25) is 5.10 Å². The number of pyridine rings is 1. The van der Waals surface area contributed by atoms with Crippen molar-refractivity contribution in [1.82, 2.24) is 25.1 Å². The number of nitrogen functional groups attached to an aromatic ring is 1. The van der Waals surface area contributed by atoms with Crippen LogP contribution in [0.2, 0.25) is 0 Å². The van der Waals surface area contributed by atoms with Crippen LogP contribution in [0.3, 0.4) is 0 Å². The van der Waals surface area contributed by atoms with E-state index >= 15 is 0 Å². The van der Waals surface area contributed by atoms with Crippen molar-refractivity contribution in [2.24, 2.45) is 0 Å². The van der Waals surface area contributed by atoms with Gasteiger partial charge in [0, 0.05) is 18.0 Å². The Labute approximate surface area is 162 Å². The number of nitrogens with two attached hydrogens (primary N) is 1. The molecule has 0 radical (unpaired) electrons. The highest BCUT2D eigenvalue weighted by atomic mass is 32.2. The highest BCUT2D eigenvalue weighted by Crippen LogP contribution is 2.32. The summed E-state index contributed by atoms with van der Waals surface area (Å²) < 4.78 is 51.2. The number of H-pyrrole nitrogens is 1. The van der Waals surface area contributed by atoms with Gasteiger partial charge in [0.25, 0.3) is 0 Å². The average Bonchev–Trinajstić information content (AvgIpc) is 3.04. The first-order valence-corrected chi connectivity index (χ1v) is 10.0. The van der Waals surface area contributed by atoms with Crippen LogP contribution in [0, 0.1) is 11.6 Å². The highest BCUT2D eigenvalue weighted by Gasteiger charge is 2.18. The number of sulfone groups is 1. The van der Waals surface area contributed by atoms with Crippen molar-refractivity contribution in [1.29, 1.82) is 0 Å². The summed E-state index contributed by atoms with van der Waals surface area (Å²) in [6, 6.07) is 4.83. The van der Waals surface area contributed by atoms with E-state index in [-0.39, 0.29) is 17.6 Å². The quantitative estimate of drug-likeness (QED) is 0.460. The first-order valence-electron chi connectivity index (χ1n) is 8.11. The number of fused-ring (bicyclic) bond motifs is 1. The molecule has 29 heavy (non-hydrogen) atoms. The van der Waals surface area contributed by atoms with E-state index < -0.39 is 26.4 Å². The number of nitrogens with zero attached hydrogens (tertiary/aromatic N) is 4. The Kier molecular flexibility index (Phi) is 4.34. The molecular formula is C17H13F2N7O2S. The molecule has 0 atom stereocenters. The lowest BCUT2D eigenvalue weighted by Gasteiger charge is -2.11. The monoisotopic (exact) mass is 417 g/mol. The van der Waals surface area contributed by atoms with E-state index in [1.54, 1.807) is 0 Å². The zero-order chi connectivity index (χ0) is 20.8. The smallest absolute Gasteiger partial charge is 0.221 e. The summed E-state index contributed by atoms with van der Waals surface area (Å²) in [7, 11) is -3.80. The van der Waals surface area contributed by atoms with Crippen LogP contribution in [0.15, 0.2) is 41.6 Å². The van der Waals surface area contributed by atoms with E-state index in [1.807, 2.05) is 0 Å². The van der Waals surface area contributed by atoms with Crippen molar-refractivity contribution in [3.05, 3.63) is 48.3 Å². The summed E-state index contributed by atoms with van der Waals surface area (Å²) >= 11 is 0. The van der Waals surface area contributed by atoms with Gasteiger partial charge in [-0.25, -0.2) is 27.2 Å². The summed E-state index contributed by atoms with van der Waals surface area (Å²) in [5, 5.41) is 9.97. The third kappa shape index (κ3) is 3.57. The zero-order valence-corrected chi connectivity index (χ0v) is 15.6. The standard InChI is InChI=1S/C17H13F2N7O2S/c1-29(27,28)13-4-8(2-3-12(13)19)11-7-22-17(20)24-15(11)23-16-10-5-9(18)6-21-14(10)25-26-16/h2-7H,1H3,(H4,20,21,22,23,24,25,26). The molecule has 0 aliphatic carbocycles. The molecular weight excluding hydrogens is 404 g/mol. The van der Waals surface area contributed by atoms with Crippen molar-refractivity contribution in [2.75, 3.05) is 17.3 Å². The van der Waals surface area contributed by atoms with Gasteiger partial charge < -0.3 is 11.1 Å². The molecule has 148 valence electrons. The maximum Gasteiger partial charge on any atom is 0.221 e. The third-order valence-electron chi connectivity index (χ3n) is 4.07. The fraction of sp³-hybridized carbons (Fsp3) is 0.0588. The molecule has 12 heteroatoms. The second-order valence-electron chi connectivity index (χ2n) is 6.15. The Bertz CT molecular complexity index is 1360. The first kappa shape index (κ1) is 18.7. The van der Waals surface area contributed by atoms with E-state index in [9.17, 15) is 17.2 Å². The van der Waals surface area contributed by atoms with Gasteiger partial charge in [-0.05, 0) is 23.8 Å². The number of hydrogen-bond donors (Lipinski definition) is 3. The molecule has 0 unspecified atom stereocenters. The molecule has 0 aliphatic heterocycles. The van der Waals surface area contributed by atoms with Crippen LogP contribution < -0.4 is 11.1 Å². The van der Waals surface area contributed by atoms with Gasteiger partial charge in [-0.1, -0.05) is 6.07 Å². The van der Waals surface area contributed by atoms with Crippen LogP contribution in [0.1, 0.15) is 0 Å². The van der Waals surface area contributed by atoms with Crippen molar-refractivity contribution >= 4 is 38.5 Å². The third-order valence-corrected chi connectivity index (χ3v) is 5.18. The maximum atomic E-state index is 14.0. The Morgan fingerprint density at radius 2 is 1.90 bits per heavy atom. The van der Waals surface area contributed by atoms with E-state index in [1.165, 1.54) is 24.4 Å². The van der Waals surface area contributed by atoms with Crippen LogP contribution in [-0.2, 0) is 9.84 Å². The molecule has 0 bridgehead atoms. The van der Waals surface area contributed by atoms with Crippen molar-refractivity contribution in [3.63, 3.8) is 0 Å². The fourth-order valence-corrected chi connectivity index (χ4v) is 3.51. The lowest BCUT2D eigenvalue weighted by molar-refractivity contribution is 0.571. The summed E-state index contributed by atoms with van der Waals surface area (Å²) in [6.45, 7) is 0. The molecule has 0 fully saturated rings. The van der Waals surface area contributed by atoms with Crippen molar-refractivity contribution < 1.29 is 17.2 Å². The van der Waals surface area contributed by atoms with Crippen molar-refractivity contribution in [3.8, 4) is 11.1 Å². The van der Waals surface area contributed by atoms with Gasteiger partial charge in [-0.15, -0.1) is 0 Å². The number of halogens is 2. The Hall–Kier alpha value is -3.67. The Morgan fingerprint density at radius 1 is 1.10 bits per heavy atom. The van der Waals surface area contributed by atoms with Crippen LogP contribution in [0.4, 0.5) is 26.4 Å². The number of hydrogen-bond acceptors (Lipinski definition) is 8.